The zero-order valence-corrected chi connectivity index (χ0v) is 12.4. The maximum Gasteiger partial charge on any atom is 0.274 e. The molecule has 0 fully saturated rings. The number of aromatic nitrogens is 2. The molecule has 5 heteroatoms. The van der Waals surface area contributed by atoms with Crippen molar-refractivity contribution in [1.82, 2.24) is 9.38 Å². The van der Waals surface area contributed by atoms with E-state index < -0.39 is 0 Å². The molecule has 0 atom stereocenters. The lowest BCUT2D eigenvalue weighted by Crippen LogP contribution is -2.14. The third-order valence-electron chi connectivity index (χ3n) is 3.09. The second kappa shape index (κ2) is 5.09. The fourth-order valence-electron chi connectivity index (χ4n) is 2.05. The maximum atomic E-state index is 12.3. The van der Waals surface area contributed by atoms with E-state index in [-0.39, 0.29) is 5.91 Å². The van der Waals surface area contributed by atoms with Crippen LogP contribution in [0.4, 0.5) is 5.69 Å². The topological polar surface area (TPSA) is 46.4 Å². The van der Waals surface area contributed by atoms with E-state index in [1.165, 1.54) is 0 Å². The van der Waals surface area contributed by atoms with Crippen molar-refractivity contribution in [2.75, 3.05) is 5.32 Å². The summed E-state index contributed by atoms with van der Waals surface area (Å²) in [5, 5.41) is 2.91. The highest BCUT2D eigenvalue weighted by molar-refractivity contribution is 9.10. The Morgan fingerprint density at radius 3 is 2.95 bits per heavy atom. The Morgan fingerprint density at radius 2 is 2.15 bits per heavy atom. The first kappa shape index (κ1) is 12.9. The molecule has 4 nitrogen and oxygen atoms in total. The van der Waals surface area contributed by atoms with Gasteiger partial charge in [0.2, 0.25) is 0 Å². The molecule has 2 aromatic heterocycles. The van der Waals surface area contributed by atoms with E-state index in [0.29, 0.717) is 5.69 Å². The van der Waals surface area contributed by atoms with Gasteiger partial charge in [0.15, 0.2) is 0 Å². The van der Waals surface area contributed by atoms with Crippen LogP contribution in [-0.2, 0) is 0 Å². The predicted octanol–water partition coefficient (Wildman–Crippen LogP) is 3.66. The van der Waals surface area contributed by atoms with Gasteiger partial charge in [0.25, 0.3) is 5.91 Å². The zero-order valence-electron chi connectivity index (χ0n) is 10.8. The van der Waals surface area contributed by atoms with Crippen LogP contribution in [0.25, 0.3) is 5.65 Å². The summed E-state index contributed by atoms with van der Waals surface area (Å²) in [6.45, 7) is 1.95. The molecule has 0 saturated carbocycles. The van der Waals surface area contributed by atoms with Crippen molar-refractivity contribution < 1.29 is 4.79 Å². The van der Waals surface area contributed by atoms with Gasteiger partial charge in [-0.05, 0) is 42.8 Å². The number of carbonyl (C=O) groups is 1. The van der Waals surface area contributed by atoms with Gasteiger partial charge in [0.1, 0.15) is 11.3 Å². The highest BCUT2D eigenvalue weighted by atomic mass is 79.9. The molecule has 2 heterocycles. The second-order valence-corrected chi connectivity index (χ2v) is 5.40. The summed E-state index contributed by atoms with van der Waals surface area (Å²) in [4.78, 5) is 16.6. The van der Waals surface area contributed by atoms with Crippen molar-refractivity contribution >= 4 is 33.2 Å². The smallest absolute Gasteiger partial charge is 0.274 e. The normalized spacial score (nSPS) is 10.7. The van der Waals surface area contributed by atoms with Crippen molar-refractivity contribution in [1.29, 1.82) is 0 Å². The minimum Gasteiger partial charge on any atom is -0.320 e. The highest BCUT2D eigenvalue weighted by Crippen LogP contribution is 2.20. The van der Waals surface area contributed by atoms with Crippen LogP contribution in [0.1, 0.15) is 16.1 Å². The summed E-state index contributed by atoms with van der Waals surface area (Å²) >= 11 is 3.41. The van der Waals surface area contributed by atoms with Gasteiger partial charge in [0, 0.05) is 16.4 Å². The van der Waals surface area contributed by atoms with Crippen LogP contribution < -0.4 is 5.32 Å². The summed E-state index contributed by atoms with van der Waals surface area (Å²) in [6, 6.07) is 11.4. The predicted molar refractivity (Wildman–Crippen MR) is 82.0 cm³/mol. The number of pyridine rings is 1. The molecule has 1 amide bonds. The van der Waals surface area contributed by atoms with Crippen molar-refractivity contribution in [3.05, 3.63) is 64.5 Å². The monoisotopic (exact) mass is 329 g/mol. The molecule has 1 aromatic carbocycles. The average molecular weight is 330 g/mol. The van der Waals surface area contributed by atoms with Gasteiger partial charge in [-0.2, -0.15) is 0 Å². The second-order valence-electron chi connectivity index (χ2n) is 4.49. The Kier molecular flexibility index (Phi) is 3.28. The Labute approximate surface area is 124 Å². The van der Waals surface area contributed by atoms with Crippen LogP contribution >= 0.6 is 15.9 Å². The lowest BCUT2D eigenvalue weighted by Gasteiger charge is -2.08. The molecule has 0 saturated heterocycles. The van der Waals surface area contributed by atoms with E-state index in [1.807, 2.05) is 49.5 Å². The molecular weight excluding hydrogens is 318 g/mol. The molecule has 3 rings (SSSR count). The summed E-state index contributed by atoms with van der Waals surface area (Å²) in [5.41, 5.74) is 3.07. The van der Waals surface area contributed by atoms with Gasteiger partial charge in [-0.25, -0.2) is 4.98 Å². The molecule has 3 aromatic rings. The van der Waals surface area contributed by atoms with E-state index >= 15 is 0 Å². The summed E-state index contributed by atoms with van der Waals surface area (Å²) in [7, 11) is 0. The first-order chi connectivity index (χ1) is 9.65. The van der Waals surface area contributed by atoms with Gasteiger partial charge in [-0.1, -0.05) is 22.0 Å². The van der Waals surface area contributed by atoms with Crippen molar-refractivity contribution in [2.24, 2.45) is 0 Å². The van der Waals surface area contributed by atoms with E-state index in [0.717, 1.165) is 21.4 Å². The van der Waals surface area contributed by atoms with Crippen LogP contribution in [-0.4, -0.2) is 15.3 Å². The molecule has 100 valence electrons. The minimum atomic E-state index is -0.172. The molecule has 0 aliphatic rings. The number of benzene rings is 1. The van der Waals surface area contributed by atoms with Gasteiger partial charge in [-0.3, -0.25) is 9.20 Å². The van der Waals surface area contributed by atoms with Gasteiger partial charge in [-0.15, -0.1) is 0 Å². The number of nitrogens with one attached hydrogen (secondary N) is 1. The number of halogens is 1. The number of hydrogen-bond acceptors (Lipinski definition) is 2. The number of hydrogen-bond donors (Lipinski definition) is 1. The van der Waals surface area contributed by atoms with Crippen LogP contribution in [0.5, 0.6) is 0 Å². The molecular formula is C15H12BrN3O. The number of anilines is 1. The first-order valence-corrected chi connectivity index (χ1v) is 6.94. The largest absolute Gasteiger partial charge is 0.320 e. The number of fused-ring (bicyclic) bond motifs is 1. The molecule has 0 spiro atoms. The van der Waals surface area contributed by atoms with Crippen molar-refractivity contribution in [3.8, 4) is 0 Å². The summed E-state index contributed by atoms with van der Waals surface area (Å²) in [5.74, 6) is -0.172. The molecule has 0 aliphatic carbocycles. The Bertz CT molecular complexity index is 795. The van der Waals surface area contributed by atoms with E-state index in [2.05, 4.69) is 26.2 Å². The molecule has 0 unspecified atom stereocenters. The number of aryl methyl sites for hydroxylation is 1. The maximum absolute atomic E-state index is 12.3. The number of imidazole rings is 1. The summed E-state index contributed by atoms with van der Waals surface area (Å²) < 4.78 is 2.76. The van der Waals surface area contributed by atoms with Crippen molar-refractivity contribution in [3.63, 3.8) is 0 Å². The lowest BCUT2D eigenvalue weighted by molar-refractivity contribution is 0.102. The fraction of sp³-hybridized carbons (Fsp3) is 0.0667. The number of nitrogens with zero attached hydrogens (tertiary/aromatic N) is 2. The van der Waals surface area contributed by atoms with E-state index in [1.54, 1.807) is 10.6 Å². The minimum absolute atomic E-state index is 0.172. The van der Waals surface area contributed by atoms with Gasteiger partial charge >= 0.3 is 0 Å². The quantitative estimate of drug-likeness (QED) is 0.779. The Balaban J connectivity index is 1.93. The van der Waals surface area contributed by atoms with Gasteiger partial charge in [0.05, 0.1) is 6.20 Å². The fourth-order valence-corrected chi connectivity index (χ4v) is 2.53. The average Bonchev–Trinajstić information content (AvgIpc) is 2.86. The van der Waals surface area contributed by atoms with Crippen LogP contribution in [0.2, 0.25) is 0 Å². The summed E-state index contributed by atoms with van der Waals surface area (Å²) in [6.07, 6.45) is 3.41. The number of carbonyl (C=O) groups excluding carboxylic acids is 1. The SMILES string of the molecule is Cc1cc(Br)ccc1NC(=O)c1cnc2ccccn12. The molecule has 1 N–H and O–H groups in total. The zero-order chi connectivity index (χ0) is 14.1. The third-order valence-corrected chi connectivity index (χ3v) is 3.58. The lowest BCUT2D eigenvalue weighted by atomic mass is 10.2. The number of amides is 1. The van der Waals surface area contributed by atoms with Gasteiger partial charge < -0.3 is 5.32 Å². The molecule has 0 radical (unpaired) electrons. The first-order valence-electron chi connectivity index (χ1n) is 6.15. The Hall–Kier alpha value is -2.14. The van der Waals surface area contributed by atoms with Crippen LogP contribution in [0.3, 0.4) is 0 Å². The molecule has 20 heavy (non-hydrogen) atoms. The van der Waals surface area contributed by atoms with E-state index in [4.69, 9.17) is 0 Å². The molecule has 0 aliphatic heterocycles. The Morgan fingerprint density at radius 1 is 1.30 bits per heavy atom. The van der Waals surface area contributed by atoms with Crippen molar-refractivity contribution in [2.45, 2.75) is 6.92 Å². The third kappa shape index (κ3) is 2.32. The van der Waals surface area contributed by atoms with E-state index in [9.17, 15) is 4.79 Å². The van der Waals surface area contributed by atoms with Crippen LogP contribution in [0, 0.1) is 6.92 Å². The standard InChI is InChI=1S/C15H12BrN3O/c1-10-8-11(16)5-6-12(10)18-15(20)13-9-17-14-4-2-3-7-19(13)14/h2-9H,1H3,(H,18,20). The van der Waals surface area contributed by atoms with Crippen LogP contribution in [0.15, 0.2) is 53.3 Å². The molecule has 0 bridgehead atoms. The highest BCUT2D eigenvalue weighted by Gasteiger charge is 2.12. The number of rotatable bonds is 2.